The van der Waals surface area contributed by atoms with Crippen LogP contribution in [0.4, 0.5) is 4.39 Å². The van der Waals surface area contributed by atoms with Gasteiger partial charge in [0.1, 0.15) is 5.82 Å². The summed E-state index contributed by atoms with van der Waals surface area (Å²) < 4.78 is 13.4. The summed E-state index contributed by atoms with van der Waals surface area (Å²) in [6.07, 6.45) is 1.25. The first-order valence-corrected chi connectivity index (χ1v) is 7.36. The normalized spacial score (nSPS) is 11.8. The molecule has 1 aromatic carbocycles. The summed E-state index contributed by atoms with van der Waals surface area (Å²) in [6.45, 7) is 1.50. The highest BCUT2D eigenvalue weighted by molar-refractivity contribution is 7.09. The first-order valence-electron chi connectivity index (χ1n) is 6.48. The molecule has 0 atom stereocenters. The topological polar surface area (TPSA) is 53.4 Å². The van der Waals surface area contributed by atoms with Crippen LogP contribution in [-0.2, 0) is 11.8 Å². The average Bonchev–Trinajstić information content (AvgIpc) is 2.86. The minimum Gasteiger partial charge on any atom is -0.395 e. The first-order chi connectivity index (χ1) is 9.61. The van der Waals surface area contributed by atoms with Gasteiger partial charge in [-0.25, -0.2) is 9.37 Å². The number of benzene rings is 1. The van der Waals surface area contributed by atoms with Gasteiger partial charge in [-0.05, 0) is 37.5 Å². The van der Waals surface area contributed by atoms with E-state index in [0.717, 1.165) is 10.6 Å². The molecule has 0 fully saturated rings. The summed E-state index contributed by atoms with van der Waals surface area (Å²) in [5.74, 6) is -0.359. The van der Waals surface area contributed by atoms with Crippen LogP contribution < -0.4 is 0 Å². The zero-order valence-electron chi connectivity index (χ0n) is 11.3. The van der Waals surface area contributed by atoms with E-state index < -0.39 is 5.41 Å². The number of aromatic nitrogens is 1. The molecule has 0 spiro atoms. The first kappa shape index (κ1) is 15.1. The number of thiazole rings is 1. The predicted octanol–water partition coefficient (Wildman–Crippen LogP) is 2.45. The molecule has 0 saturated carbocycles. The smallest absolute Gasteiger partial charge is 0.123 e. The predicted molar refractivity (Wildman–Crippen MR) is 77.4 cm³/mol. The van der Waals surface area contributed by atoms with Gasteiger partial charge < -0.3 is 10.2 Å². The number of aliphatic hydroxyl groups is 2. The van der Waals surface area contributed by atoms with Crippen LogP contribution in [0.1, 0.15) is 22.6 Å². The molecule has 2 aromatic rings. The quantitative estimate of drug-likeness (QED) is 0.860. The summed E-state index contributed by atoms with van der Waals surface area (Å²) in [6, 6.07) is 6.08. The Hall–Kier alpha value is -1.30. The minimum absolute atomic E-state index is 0.217. The standard InChI is InChI=1S/C15H18FNO2S/c1-11-14(20-10-17-11)5-6-15(8-18,9-19)12-3-2-4-13(16)7-12/h2-4,7,10,18-19H,5-6,8-9H2,1H3. The molecule has 0 aliphatic heterocycles. The number of nitrogens with zero attached hydrogens (tertiary/aromatic N) is 1. The van der Waals surface area contributed by atoms with Crippen LogP contribution in [0.2, 0.25) is 0 Å². The van der Waals surface area contributed by atoms with Crippen molar-refractivity contribution in [3.63, 3.8) is 0 Å². The van der Waals surface area contributed by atoms with Gasteiger partial charge in [0, 0.05) is 10.3 Å². The van der Waals surface area contributed by atoms with Crippen molar-refractivity contribution in [1.82, 2.24) is 4.98 Å². The fraction of sp³-hybridized carbons (Fsp3) is 0.400. The van der Waals surface area contributed by atoms with E-state index in [1.165, 1.54) is 12.1 Å². The van der Waals surface area contributed by atoms with Crippen LogP contribution in [0, 0.1) is 12.7 Å². The number of halogens is 1. The maximum Gasteiger partial charge on any atom is 0.123 e. The largest absolute Gasteiger partial charge is 0.395 e. The highest BCUT2D eigenvalue weighted by atomic mass is 32.1. The Kier molecular flexibility index (Phi) is 4.86. The number of aryl methyl sites for hydroxylation is 2. The van der Waals surface area contributed by atoms with E-state index in [1.54, 1.807) is 29.0 Å². The molecule has 0 radical (unpaired) electrons. The lowest BCUT2D eigenvalue weighted by Crippen LogP contribution is -2.35. The molecular formula is C15H18FNO2S. The second-order valence-electron chi connectivity index (χ2n) is 4.97. The fourth-order valence-corrected chi connectivity index (χ4v) is 3.05. The van der Waals surface area contributed by atoms with E-state index in [1.807, 2.05) is 6.92 Å². The Morgan fingerprint density at radius 2 is 2.05 bits per heavy atom. The second kappa shape index (κ2) is 6.43. The molecule has 2 rings (SSSR count). The number of hydrogen-bond donors (Lipinski definition) is 2. The third-order valence-electron chi connectivity index (χ3n) is 3.72. The van der Waals surface area contributed by atoms with Gasteiger partial charge in [-0.15, -0.1) is 11.3 Å². The average molecular weight is 295 g/mol. The third-order valence-corrected chi connectivity index (χ3v) is 4.71. The van der Waals surface area contributed by atoms with Crippen molar-refractivity contribution in [2.45, 2.75) is 25.2 Å². The van der Waals surface area contributed by atoms with Gasteiger partial charge in [0.05, 0.1) is 24.4 Å². The molecule has 5 heteroatoms. The fourth-order valence-electron chi connectivity index (χ4n) is 2.27. The van der Waals surface area contributed by atoms with E-state index in [-0.39, 0.29) is 19.0 Å². The van der Waals surface area contributed by atoms with Crippen molar-refractivity contribution < 1.29 is 14.6 Å². The lowest BCUT2D eigenvalue weighted by atomic mass is 9.78. The SMILES string of the molecule is Cc1ncsc1CCC(CO)(CO)c1cccc(F)c1. The van der Waals surface area contributed by atoms with E-state index in [2.05, 4.69) is 4.98 Å². The van der Waals surface area contributed by atoms with Crippen LogP contribution in [0.3, 0.4) is 0 Å². The van der Waals surface area contributed by atoms with Gasteiger partial charge in [0.2, 0.25) is 0 Å². The Bertz CT molecular complexity index is 567. The molecule has 0 saturated heterocycles. The summed E-state index contributed by atoms with van der Waals surface area (Å²) >= 11 is 1.56. The highest BCUT2D eigenvalue weighted by Crippen LogP contribution is 2.30. The van der Waals surface area contributed by atoms with Crippen molar-refractivity contribution >= 4 is 11.3 Å². The maximum absolute atomic E-state index is 13.4. The number of hydrogen-bond acceptors (Lipinski definition) is 4. The van der Waals surface area contributed by atoms with Gasteiger partial charge in [-0.3, -0.25) is 0 Å². The molecule has 0 bridgehead atoms. The maximum atomic E-state index is 13.4. The molecule has 0 unspecified atom stereocenters. The van der Waals surface area contributed by atoms with Crippen LogP contribution in [-0.4, -0.2) is 28.4 Å². The van der Waals surface area contributed by atoms with Gasteiger partial charge in [-0.2, -0.15) is 0 Å². The van der Waals surface area contributed by atoms with Crippen molar-refractivity contribution in [3.05, 3.63) is 51.7 Å². The molecule has 1 aromatic heterocycles. The molecule has 2 N–H and O–H groups in total. The molecule has 3 nitrogen and oxygen atoms in total. The van der Waals surface area contributed by atoms with E-state index in [0.29, 0.717) is 18.4 Å². The highest BCUT2D eigenvalue weighted by Gasteiger charge is 2.31. The molecule has 0 aliphatic carbocycles. The number of rotatable bonds is 6. The zero-order chi connectivity index (χ0) is 14.6. The summed E-state index contributed by atoms with van der Waals surface area (Å²) in [5, 5.41) is 19.4. The second-order valence-corrected chi connectivity index (χ2v) is 5.91. The van der Waals surface area contributed by atoms with Gasteiger partial charge in [0.25, 0.3) is 0 Å². The van der Waals surface area contributed by atoms with Gasteiger partial charge >= 0.3 is 0 Å². The van der Waals surface area contributed by atoms with Crippen LogP contribution in [0.25, 0.3) is 0 Å². The van der Waals surface area contributed by atoms with E-state index >= 15 is 0 Å². The summed E-state index contributed by atoms with van der Waals surface area (Å²) in [7, 11) is 0. The Balaban J connectivity index is 2.23. The van der Waals surface area contributed by atoms with E-state index in [9.17, 15) is 14.6 Å². The van der Waals surface area contributed by atoms with Crippen LogP contribution in [0.15, 0.2) is 29.8 Å². The molecule has 0 amide bonds. The van der Waals surface area contributed by atoms with Crippen molar-refractivity contribution in [3.8, 4) is 0 Å². The summed E-state index contributed by atoms with van der Waals surface area (Å²) in [5.41, 5.74) is 2.56. The Labute approximate surface area is 121 Å². The van der Waals surface area contributed by atoms with Crippen molar-refractivity contribution in [2.75, 3.05) is 13.2 Å². The van der Waals surface area contributed by atoms with E-state index in [4.69, 9.17) is 0 Å². The molecule has 0 aliphatic rings. The Morgan fingerprint density at radius 3 is 2.60 bits per heavy atom. The lowest BCUT2D eigenvalue weighted by molar-refractivity contribution is 0.109. The zero-order valence-corrected chi connectivity index (χ0v) is 12.2. The molecule has 108 valence electrons. The Morgan fingerprint density at radius 1 is 1.30 bits per heavy atom. The van der Waals surface area contributed by atoms with Gasteiger partial charge in [0.15, 0.2) is 0 Å². The minimum atomic E-state index is -0.821. The molecule has 20 heavy (non-hydrogen) atoms. The van der Waals surface area contributed by atoms with Crippen molar-refractivity contribution in [1.29, 1.82) is 0 Å². The van der Waals surface area contributed by atoms with Gasteiger partial charge in [-0.1, -0.05) is 12.1 Å². The lowest BCUT2D eigenvalue weighted by Gasteiger charge is -2.30. The third kappa shape index (κ3) is 3.06. The number of aliphatic hydroxyl groups excluding tert-OH is 2. The molecule has 1 heterocycles. The monoisotopic (exact) mass is 295 g/mol. The van der Waals surface area contributed by atoms with Crippen LogP contribution >= 0.6 is 11.3 Å². The molecular weight excluding hydrogens is 277 g/mol. The summed E-state index contributed by atoms with van der Waals surface area (Å²) in [4.78, 5) is 5.32. The van der Waals surface area contributed by atoms with Crippen molar-refractivity contribution in [2.24, 2.45) is 0 Å². The van der Waals surface area contributed by atoms with Crippen LogP contribution in [0.5, 0.6) is 0 Å².